The first kappa shape index (κ1) is 12.4. The first-order chi connectivity index (χ1) is 8.52. The van der Waals surface area contributed by atoms with Crippen LogP contribution in [0, 0.1) is 13.8 Å². The lowest BCUT2D eigenvalue weighted by atomic mass is 9.98. The number of hydrogen-bond donors (Lipinski definition) is 2. The minimum atomic E-state index is -0.605. The Morgan fingerprint density at radius 3 is 2.44 bits per heavy atom. The number of carbonyl (C=O) groups excluding carboxylic acids is 2. The second-order valence-electron chi connectivity index (χ2n) is 4.41. The molecule has 1 fully saturated rings. The van der Waals surface area contributed by atoms with Crippen LogP contribution in [0.25, 0.3) is 0 Å². The lowest BCUT2D eigenvalue weighted by molar-refractivity contribution is -0.141. The summed E-state index contributed by atoms with van der Waals surface area (Å²) in [5.41, 5.74) is 3.13. The zero-order valence-electron chi connectivity index (χ0n) is 10.7. The quantitative estimate of drug-likeness (QED) is 0.753. The highest BCUT2D eigenvalue weighted by Crippen LogP contribution is 2.29. The van der Waals surface area contributed by atoms with E-state index >= 15 is 0 Å². The fourth-order valence-corrected chi connectivity index (χ4v) is 2.00. The highest BCUT2D eigenvalue weighted by atomic mass is 16.5. The molecule has 0 bridgehead atoms. The van der Waals surface area contributed by atoms with Crippen LogP contribution in [-0.4, -0.2) is 25.5 Å². The average Bonchev–Trinajstić information content (AvgIpc) is 2.35. The van der Waals surface area contributed by atoms with E-state index in [1.807, 2.05) is 26.0 Å². The Kier molecular flexibility index (Phi) is 3.23. The van der Waals surface area contributed by atoms with Crippen LogP contribution in [0.2, 0.25) is 0 Å². The maximum atomic E-state index is 11.4. The molecule has 0 radical (unpaired) electrons. The maximum absolute atomic E-state index is 11.4. The molecule has 2 rings (SSSR count). The molecule has 1 aromatic carbocycles. The van der Waals surface area contributed by atoms with Gasteiger partial charge in [-0.2, -0.15) is 0 Å². The van der Waals surface area contributed by atoms with Gasteiger partial charge in [-0.15, -0.1) is 0 Å². The SMILES string of the molecule is COc1cc(C)c(C)cc1C1CNC(=O)C(=O)N1. The van der Waals surface area contributed by atoms with Gasteiger partial charge < -0.3 is 15.4 Å². The molecule has 1 atom stereocenters. The molecule has 1 aliphatic rings. The van der Waals surface area contributed by atoms with E-state index in [1.165, 1.54) is 0 Å². The number of hydrogen-bond acceptors (Lipinski definition) is 3. The van der Waals surface area contributed by atoms with Crippen molar-refractivity contribution in [1.29, 1.82) is 0 Å². The Hall–Kier alpha value is -2.04. The van der Waals surface area contributed by atoms with Gasteiger partial charge in [0.25, 0.3) is 0 Å². The van der Waals surface area contributed by atoms with Crippen LogP contribution in [0.4, 0.5) is 0 Å². The van der Waals surface area contributed by atoms with Crippen molar-refractivity contribution in [3.05, 3.63) is 28.8 Å². The Balaban J connectivity index is 2.35. The highest BCUT2D eigenvalue weighted by molar-refractivity contribution is 6.35. The van der Waals surface area contributed by atoms with Crippen LogP contribution in [0.1, 0.15) is 22.7 Å². The van der Waals surface area contributed by atoms with Gasteiger partial charge in [0.05, 0.1) is 13.2 Å². The minimum absolute atomic E-state index is 0.246. The monoisotopic (exact) mass is 248 g/mol. The number of rotatable bonds is 2. The molecule has 1 unspecified atom stereocenters. The molecule has 0 spiro atoms. The van der Waals surface area contributed by atoms with Crippen molar-refractivity contribution in [1.82, 2.24) is 10.6 Å². The van der Waals surface area contributed by atoms with Gasteiger partial charge in [0.1, 0.15) is 5.75 Å². The molecule has 2 amide bonds. The fourth-order valence-electron chi connectivity index (χ4n) is 2.00. The summed E-state index contributed by atoms with van der Waals surface area (Å²) in [5.74, 6) is -0.472. The van der Waals surface area contributed by atoms with Crippen LogP contribution in [0.15, 0.2) is 12.1 Å². The number of carbonyl (C=O) groups is 2. The molecule has 96 valence electrons. The molecule has 1 heterocycles. The summed E-state index contributed by atoms with van der Waals surface area (Å²) in [6, 6.07) is 3.67. The van der Waals surface area contributed by atoms with Gasteiger partial charge in [-0.1, -0.05) is 0 Å². The largest absolute Gasteiger partial charge is 0.496 e. The second kappa shape index (κ2) is 4.68. The van der Waals surface area contributed by atoms with E-state index in [0.29, 0.717) is 6.54 Å². The number of ether oxygens (including phenoxy) is 1. The minimum Gasteiger partial charge on any atom is -0.496 e. The summed E-state index contributed by atoms with van der Waals surface area (Å²) in [7, 11) is 1.59. The van der Waals surface area contributed by atoms with Crippen LogP contribution in [0.3, 0.4) is 0 Å². The zero-order chi connectivity index (χ0) is 13.3. The van der Waals surface area contributed by atoms with E-state index in [9.17, 15) is 9.59 Å². The Morgan fingerprint density at radius 2 is 1.83 bits per heavy atom. The molecular formula is C13H16N2O3. The highest BCUT2D eigenvalue weighted by Gasteiger charge is 2.28. The van der Waals surface area contributed by atoms with E-state index in [4.69, 9.17) is 4.74 Å². The number of aryl methyl sites for hydroxylation is 2. The van der Waals surface area contributed by atoms with E-state index in [0.717, 1.165) is 22.4 Å². The summed E-state index contributed by atoms with van der Waals surface area (Å²) in [6.45, 7) is 4.38. The molecule has 18 heavy (non-hydrogen) atoms. The van der Waals surface area contributed by atoms with Gasteiger partial charge in [0, 0.05) is 12.1 Å². The van der Waals surface area contributed by atoms with Gasteiger partial charge in [0.2, 0.25) is 0 Å². The molecule has 5 nitrogen and oxygen atoms in total. The second-order valence-corrected chi connectivity index (χ2v) is 4.41. The molecule has 2 N–H and O–H groups in total. The van der Waals surface area contributed by atoms with Crippen LogP contribution in [0.5, 0.6) is 5.75 Å². The molecule has 5 heteroatoms. The number of methoxy groups -OCH3 is 1. The summed E-state index contributed by atoms with van der Waals surface area (Å²) >= 11 is 0. The molecular weight excluding hydrogens is 232 g/mol. The van der Waals surface area contributed by atoms with Crippen molar-refractivity contribution in [2.75, 3.05) is 13.7 Å². The Labute approximate surface area is 106 Å². The summed E-state index contributed by atoms with van der Waals surface area (Å²) in [4.78, 5) is 22.5. The fraction of sp³-hybridized carbons (Fsp3) is 0.385. The van der Waals surface area contributed by atoms with E-state index in [-0.39, 0.29) is 6.04 Å². The predicted molar refractivity (Wildman–Crippen MR) is 66.4 cm³/mol. The molecule has 0 saturated carbocycles. The third-order valence-electron chi connectivity index (χ3n) is 3.20. The lowest BCUT2D eigenvalue weighted by Gasteiger charge is -2.26. The van der Waals surface area contributed by atoms with Gasteiger partial charge in [-0.25, -0.2) is 0 Å². The van der Waals surface area contributed by atoms with Crippen molar-refractivity contribution in [3.8, 4) is 5.75 Å². The third kappa shape index (κ3) is 2.16. The van der Waals surface area contributed by atoms with Gasteiger partial charge in [-0.3, -0.25) is 9.59 Å². The number of amides is 2. The Bertz CT molecular complexity index is 511. The first-order valence-corrected chi connectivity index (χ1v) is 5.76. The van der Waals surface area contributed by atoms with Gasteiger partial charge in [0.15, 0.2) is 0 Å². The van der Waals surface area contributed by atoms with E-state index < -0.39 is 11.8 Å². The Morgan fingerprint density at radius 1 is 1.17 bits per heavy atom. The van der Waals surface area contributed by atoms with Crippen molar-refractivity contribution in [3.63, 3.8) is 0 Å². The predicted octanol–water partition coefficient (Wildman–Crippen LogP) is 0.599. The van der Waals surface area contributed by atoms with Gasteiger partial charge in [-0.05, 0) is 37.1 Å². The molecule has 1 aromatic rings. The van der Waals surface area contributed by atoms with Gasteiger partial charge >= 0.3 is 11.8 Å². The molecule has 1 saturated heterocycles. The topological polar surface area (TPSA) is 67.4 Å². The molecule has 1 aliphatic heterocycles. The summed E-state index contributed by atoms with van der Waals surface area (Å²) in [6.07, 6.45) is 0. The van der Waals surface area contributed by atoms with Crippen molar-refractivity contribution < 1.29 is 14.3 Å². The lowest BCUT2D eigenvalue weighted by Crippen LogP contribution is -2.51. The van der Waals surface area contributed by atoms with Crippen molar-refractivity contribution in [2.45, 2.75) is 19.9 Å². The zero-order valence-corrected chi connectivity index (χ0v) is 10.7. The van der Waals surface area contributed by atoms with Crippen molar-refractivity contribution in [2.24, 2.45) is 0 Å². The third-order valence-corrected chi connectivity index (χ3v) is 3.20. The molecule has 0 aliphatic carbocycles. The summed E-state index contributed by atoms with van der Waals surface area (Å²) in [5, 5.41) is 5.23. The van der Waals surface area contributed by atoms with Crippen LogP contribution >= 0.6 is 0 Å². The normalized spacial score (nSPS) is 19.2. The first-order valence-electron chi connectivity index (χ1n) is 5.76. The summed E-state index contributed by atoms with van der Waals surface area (Å²) < 4.78 is 5.33. The molecule has 0 aromatic heterocycles. The van der Waals surface area contributed by atoms with E-state index in [2.05, 4.69) is 10.6 Å². The smallest absolute Gasteiger partial charge is 0.309 e. The number of piperazine rings is 1. The van der Waals surface area contributed by atoms with Crippen LogP contribution < -0.4 is 15.4 Å². The number of benzene rings is 1. The van der Waals surface area contributed by atoms with Crippen LogP contribution in [-0.2, 0) is 9.59 Å². The van der Waals surface area contributed by atoms with Crippen molar-refractivity contribution >= 4 is 11.8 Å². The standard InChI is InChI=1S/C13H16N2O3/c1-7-4-9(11(18-3)5-8(7)2)10-6-14-12(16)13(17)15-10/h4-5,10H,6H2,1-3H3,(H,14,16)(H,15,17). The number of nitrogens with one attached hydrogen (secondary N) is 2. The maximum Gasteiger partial charge on any atom is 0.309 e. The van der Waals surface area contributed by atoms with E-state index in [1.54, 1.807) is 7.11 Å². The average molecular weight is 248 g/mol.